The molecule has 1 saturated heterocycles. The predicted octanol–water partition coefficient (Wildman–Crippen LogP) is 3.92. The Morgan fingerprint density at radius 1 is 0.969 bits per heavy atom. The van der Waals surface area contributed by atoms with E-state index in [1.165, 1.54) is 18.2 Å². The molecule has 3 N–H and O–H groups in total. The summed E-state index contributed by atoms with van der Waals surface area (Å²) in [5, 5.41) is 5.37. The van der Waals surface area contributed by atoms with E-state index in [0.29, 0.717) is 23.4 Å². The zero-order chi connectivity index (χ0) is 22.7. The number of urea groups is 1. The Morgan fingerprint density at radius 3 is 2.31 bits per heavy atom. The van der Waals surface area contributed by atoms with E-state index in [-0.39, 0.29) is 24.0 Å². The molecule has 3 amide bonds. The van der Waals surface area contributed by atoms with Crippen LogP contribution in [0, 0.1) is 5.82 Å². The van der Waals surface area contributed by atoms with E-state index in [2.05, 4.69) is 15.4 Å². The van der Waals surface area contributed by atoms with Crippen molar-refractivity contribution in [3.8, 4) is 0 Å². The number of halogens is 1. The van der Waals surface area contributed by atoms with Crippen molar-refractivity contribution in [2.75, 3.05) is 28.4 Å². The number of carbonyl (C=O) groups is 2. The first kappa shape index (κ1) is 22.1. The van der Waals surface area contributed by atoms with Crippen molar-refractivity contribution in [1.82, 2.24) is 4.90 Å². The van der Waals surface area contributed by atoms with Gasteiger partial charge in [0, 0.05) is 36.6 Å². The topological polar surface area (TPSA) is 108 Å². The van der Waals surface area contributed by atoms with Crippen LogP contribution in [-0.4, -0.2) is 38.3 Å². The van der Waals surface area contributed by atoms with Gasteiger partial charge < -0.3 is 15.5 Å². The van der Waals surface area contributed by atoms with E-state index in [1.54, 1.807) is 17.0 Å². The fourth-order valence-corrected chi connectivity index (χ4v) is 5.06. The van der Waals surface area contributed by atoms with Crippen LogP contribution in [-0.2, 0) is 21.2 Å². The second kappa shape index (κ2) is 9.15. The molecule has 2 aliphatic heterocycles. The third-order valence-corrected chi connectivity index (χ3v) is 7.02. The van der Waals surface area contributed by atoms with Gasteiger partial charge in [0.1, 0.15) is 10.7 Å². The smallest absolute Gasteiger partial charge is 0.321 e. The number of hydrogen-bond donors (Lipinski definition) is 3. The molecule has 0 aliphatic carbocycles. The lowest BCUT2D eigenvalue weighted by atomic mass is 10.0. The summed E-state index contributed by atoms with van der Waals surface area (Å²) in [4.78, 5) is 25.2. The highest BCUT2D eigenvalue weighted by atomic mass is 32.2. The van der Waals surface area contributed by atoms with Crippen LogP contribution in [0.5, 0.6) is 0 Å². The lowest BCUT2D eigenvalue weighted by molar-refractivity contribution is -0.116. The van der Waals surface area contributed by atoms with Gasteiger partial charge in [0.15, 0.2) is 0 Å². The van der Waals surface area contributed by atoms with Crippen molar-refractivity contribution in [3.63, 3.8) is 0 Å². The number of nitrogens with one attached hydrogen (secondary N) is 3. The normalized spacial score (nSPS) is 16.5. The first-order valence-corrected chi connectivity index (χ1v) is 12.1. The fourth-order valence-electron chi connectivity index (χ4n) is 3.89. The quantitative estimate of drug-likeness (QED) is 0.643. The van der Waals surface area contributed by atoms with E-state index < -0.39 is 20.7 Å². The number of likely N-dealkylation sites (tertiary alicyclic amines) is 1. The Hall–Kier alpha value is -3.14. The second-order valence-corrected chi connectivity index (χ2v) is 9.65. The Kier molecular flexibility index (Phi) is 6.31. The highest BCUT2D eigenvalue weighted by Gasteiger charge is 2.24. The number of amides is 3. The molecular weight excluding hydrogens is 435 g/mol. The zero-order valence-corrected chi connectivity index (χ0v) is 18.3. The number of aryl methyl sites for hydroxylation is 1. The van der Waals surface area contributed by atoms with Crippen LogP contribution in [0.25, 0.3) is 0 Å². The number of anilines is 3. The van der Waals surface area contributed by atoms with Gasteiger partial charge >= 0.3 is 6.03 Å². The van der Waals surface area contributed by atoms with E-state index in [9.17, 15) is 22.4 Å². The van der Waals surface area contributed by atoms with Crippen LogP contribution in [0.3, 0.4) is 0 Å². The van der Waals surface area contributed by atoms with Crippen LogP contribution in [0.4, 0.5) is 26.2 Å². The summed E-state index contributed by atoms with van der Waals surface area (Å²) in [6.07, 6.45) is 4.78. The molecule has 32 heavy (non-hydrogen) atoms. The Balaban J connectivity index is 1.45. The van der Waals surface area contributed by atoms with Crippen molar-refractivity contribution in [3.05, 3.63) is 47.8 Å². The molecule has 0 bridgehead atoms. The molecule has 0 atom stereocenters. The number of hydrogen-bond acceptors (Lipinski definition) is 4. The van der Waals surface area contributed by atoms with E-state index >= 15 is 0 Å². The molecule has 8 nitrogen and oxygen atoms in total. The van der Waals surface area contributed by atoms with Crippen molar-refractivity contribution in [2.45, 2.75) is 43.4 Å². The minimum Gasteiger partial charge on any atom is -0.326 e. The Morgan fingerprint density at radius 2 is 1.62 bits per heavy atom. The van der Waals surface area contributed by atoms with Gasteiger partial charge in [0.25, 0.3) is 10.0 Å². The van der Waals surface area contributed by atoms with Crippen LogP contribution in [0.15, 0.2) is 41.3 Å². The maximum absolute atomic E-state index is 14.5. The van der Waals surface area contributed by atoms with Gasteiger partial charge in [-0.3, -0.25) is 9.52 Å². The number of benzene rings is 2. The van der Waals surface area contributed by atoms with Gasteiger partial charge in [-0.05, 0) is 61.2 Å². The van der Waals surface area contributed by atoms with Crippen LogP contribution in [0.1, 0.15) is 37.7 Å². The number of sulfonamides is 1. The highest BCUT2D eigenvalue weighted by molar-refractivity contribution is 7.92. The number of rotatable bonds is 4. The Labute approximate surface area is 186 Å². The first-order valence-electron chi connectivity index (χ1n) is 10.6. The van der Waals surface area contributed by atoms with Gasteiger partial charge in [-0.1, -0.05) is 12.8 Å². The summed E-state index contributed by atoms with van der Waals surface area (Å²) in [5.41, 5.74) is 1.64. The number of nitrogens with zero attached hydrogens (tertiary/aromatic N) is 1. The largest absolute Gasteiger partial charge is 0.326 e. The molecule has 2 heterocycles. The predicted molar refractivity (Wildman–Crippen MR) is 120 cm³/mol. The lowest BCUT2D eigenvalue weighted by Crippen LogP contribution is -2.35. The minimum atomic E-state index is -4.18. The van der Waals surface area contributed by atoms with E-state index in [1.807, 2.05) is 0 Å². The SMILES string of the molecule is O=C1CCc2cc(S(=O)(=O)Nc3ccc(NC(=O)N4CCCCCC4)cc3)c(F)cc2N1. The molecule has 4 rings (SSSR count). The molecular formula is C22H25FN4O4S. The molecule has 0 aromatic heterocycles. The maximum atomic E-state index is 14.5. The molecule has 1 fully saturated rings. The minimum absolute atomic E-state index is 0.177. The summed E-state index contributed by atoms with van der Waals surface area (Å²) in [5.74, 6) is -1.17. The van der Waals surface area contributed by atoms with Gasteiger partial charge in [0.05, 0.1) is 0 Å². The fraction of sp³-hybridized carbons (Fsp3) is 0.364. The van der Waals surface area contributed by atoms with Crippen molar-refractivity contribution < 1.29 is 22.4 Å². The summed E-state index contributed by atoms with van der Waals surface area (Å²) >= 11 is 0. The maximum Gasteiger partial charge on any atom is 0.321 e. The third kappa shape index (κ3) is 5.01. The second-order valence-electron chi connectivity index (χ2n) is 8.00. The summed E-state index contributed by atoms with van der Waals surface area (Å²) < 4.78 is 42.4. The molecule has 10 heteroatoms. The monoisotopic (exact) mass is 460 g/mol. The van der Waals surface area contributed by atoms with Crippen LogP contribution in [0.2, 0.25) is 0 Å². The number of fused-ring (bicyclic) bond motifs is 1. The first-order chi connectivity index (χ1) is 15.3. The van der Waals surface area contributed by atoms with Gasteiger partial charge in [-0.2, -0.15) is 0 Å². The molecule has 0 radical (unpaired) electrons. The molecule has 170 valence electrons. The molecule has 0 unspecified atom stereocenters. The number of carbonyl (C=O) groups excluding carboxylic acids is 2. The van der Waals surface area contributed by atoms with E-state index in [0.717, 1.165) is 44.8 Å². The third-order valence-electron chi connectivity index (χ3n) is 5.62. The van der Waals surface area contributed by atoms with Gasteiger partial charge in [-0.15, -0.1) is 0 Å². The molecule has 2 aliphatic rings. The van der Waals surface area contributed by atoms with Crippen molar-refractivity contribution >= 4 is 39.0 Å². The van der Waals surface area contributed by atoms with Crippen molar-refractivity contribution in [2.24, 2.45) is 0 Å². The summed E-state index contributed by atoms with van der Waals surface area (Å²) in [7, 11) is -4.18. The molecule has 2 aromatic rings. The molecule has 2 aromatic carbocycles. The molecule has 0 saturated carbocycles. The Bertz CT molecular complexity index is 1130. The zero-order valence-electron chi connectivity index (χ0n) is 17.5. The average Bonchev–Trinajstić information content (AvgIpc) is 3.04. The van der Waals surface area contributed by atoms with Crippen LogP contribution < -0.4 is 15.4 Å². The van der Waals surface area contributed by atoms with Gasteiger partial charge in [-0.25, -0.2) is 17.6 Å². The van der Waals surface area contributed by atoms with Gasteiger partial charge in [0.2, 0.25) is 5.91 Å². The van der Waals surface area contributed by atoms with Crippen molar-refractivity contribution in [1.29, 1.82) is 0 Å². The summed E-state index contributed by atoms with van der Waals surface area (Å²) in [6.45, 7) is 1.44. The highest BCUT2D eigenvalue weighted by Crippen LogP contribution is 2.29. The standard InChI is InChI=1S/C22H25FN4O4S/c23-18-14-19-15(5-10-21(28)25-19)13-20(18)32(30,31)26-17-8-6-16(7-9-17)24-22(29)27-11-3-1-2-4-12-27/h6-9,13-14,26H,1-5,10-12H2,(H,24,29)(H,25,28). The average molecular weight is 461 g/mol. The lowest BCUT2D eigenvalue weighted by Gasteiger charge is -2.21. The summed E-state index contributed by atoms with van der Waals surface area (Å²) in [6, 6.07) is 8.30. The molecule has 0 spiro atoms. The van der Waals surface area contributed by atoms with E-state index in [4.69, 9.17) is 0 Å². The van der Waals surface area contributed by atoms with Crippen LogP contribution >= 0.6 is 0 Å².